The van der Waals surface area contributed by atoms with Gasteiger partial charge in [0.2, 0.25) is 0 Å². The molecule has 0 amide bonds. The molecule has 0 aliphatic carbocycles. The summed E-state index contributed by atoms with van der Waals surface area (Å²) in [5.74, 6) is 0. The van der Waals surface area contributed by atoms with Crippen LogP contribution in [0.1, 0.15) is 1.43 Å². The molecule has 0 atom stereocenters. The van der Waals surface area contributed by atoms with Crippen LogP contribution in [-0.2, 0) is 0 Å². The molecule has 0 saturated carbocycles. The third-order valence-electron chi connectivity index (χ3n) is 0.756. The molecule has 0 heterocycles. The minimum Gasteiger partial charge on any atom is -0.143 e. The third-order valence-corrected chi connectivity index (χ3v) is 1.05. The largest absolute Gasteiger partial charge is 1.00 e. The van der Waals surface area contributed by atoms with Crippen LogP contribution in [0.2, 0.25) is 0 Å². The molecular formula is C6H7S+. The Hall–Kier alpha value is -0.430. The highest BCUT2D eigenvalue weighted by Gasteiger charge is 1.73. The van der Waals surface area contributed by atoms with Crippen molar-refractivity contribution in [2.75, 3.05) is 0 Å². The third kappa shape index (κ3) is 1.24. The van der Waals surface area contributed by atoms with Gasteiger partial charge in [-0.05, 0) is 12.1 Å². The van der Waals surface area contributed by atoms with Crippen molar-refractivity contribution in [3.63, 3.8) is 0 Å². The normalized spacial score (nSPS) is 8.71. The minimum absolute atomic E-state index is 0. The lowest BCUT2D eigenvalue weighted by Crippen LogP contribution is -1.56. The van der Waals surface area contributed by atoms with Gasteiger partial charge in [-0.25, -0.2) is 0 Å². The van der Waals surface area contributed by atoms with Gasteiger partial charge in [0.25, 0.3) is 0 Å². The first-order valence-electron chi connectivity index (χ1n) is 2.13. The predicted molar refractivity (Wildman–Crippen MR) is 34.8 cm³/mol. The molecule has 0 aliphatic heterocycles. The van der Waals surface area contributed by atoms with E-state index in [1.165, 1.54) is 0 Å². The number of benzene rings is 1. The summed E-state index contributed by atoms with van der Waals surface area (Å²) >= 11 is 4.08. The number of thiol groups is 1. The lowest BCUT2D eigenvalue weighted by Gasteiger charge is -1.81. The van der Waals surface area contributed by atoms with Gasteiger partial charge in [-0.15, -0.1) is 12.6 Å². The van der Waals surface area contributed by atoms with E-state index in [2.05, 4.69) is 12.6 Å². The van der Waals surface area contributed by atoms with Crippen LogP contribution in [0.15, 0.2) is 35.2 Å². The quantitative estimate of drug-likeness (QED) is 0.487. The predicted octanol–water partition coefficient (Wildman–Crippen LogP) is 2.09. The molecule has 0 aliphatic rings. The van der Waals surface area contributed by atoms with Gasteiger partial charge in [-0.2, -0.15) is 0 Å². The maximum atomic E-state index is 4.08. The zero-order valence-corrected chi connectivity index (χ0v) is 4.73. The fourth-order valence-electron chi connectivity index (χ4n) is 0.428. The average molecular weight is 111 g/mol. The summed E-state index contributed by atoms with van der Waals surface area (Å²) in [6.45, 7) is 0. The van der Waals surface area contributed by atoms with Crippen molar-refractivity contribution in [3.05, 3.63) is 30.3 Å². The van der Waals surface area contributed by atoms with Crippen molar-refractivity contribution in [1.29, 1.82) is 0 Å². The summed E-state index contributed by atoms with van der Waals surface area (Å²) in [5.41, 5.74) is 0. The smallest absolute Gasteiger partial charge is 0.143 e. The molecule has 1 rings (SSSR count). The van der Waals surface area contributed by atoms with E-state index in [9.17, 15) is 0 Å². The number of hydrogen-bond acceptors (Lipinski definition) is 1. The fourth-order valence-corrected chi connectivity index (χ4v) is 0.600. The maximum Gasteiger partial charge on any atom is 1.00 e. The van der Waals surface area contributed by atoms with Gasteiger partial charge in [-0.1, -0.05) is 18.2 Å². The summed E-state index contributed by atoms with van der Waals surface area (Å²) < 4.78 is 0. The van der Waals surface area contributed by atoms with E-state index in [1.807, 2.05) is 30.3 Å². The Morgan fingerprint density at radius 3 is 2.00 bits per heavy atom. The first kappa shape index (κ1) is 4.72. The second-order valence-electron chi connectivity index (χ2n) is 1.34. The zero-order valence-electron chi connectivity index (χ0n) is 4.83. The number of rotatable bonds is 0. The fraction of sp³-hybridized carbons (Fsp3) is 0. The summed E-state index contributed by atoms with van der Waals surface area (Å²) in [6, 6.07) is 9.79. The molecule has 0 fully saturated rings. The van der Waals surface area contributed by atoms with Gasteiger partial charge in [0, 0.05) is 4.90 Å². The Morgan fingerprint density at radius 2 is 1.71 bits per heavy atom. The molecule has 0 bridgehead atoms. The van der Waals surface area contributed by atoms with E-state index >= 15 is 0 Å². The van der Waals surface area contributed by atoms with Crippen molar-refractivity contribution < 1.29 is 1.43 Å². The van der Waals surface area contributed by atoms with Gasteiger partial charge in [-0.3, -0.25) is 0 Å². The van der Waals surface area contributed by atoms with E-state index in [1.54, 1.807) is 0 Å². The first-order chi connectivity index (χ1) is 3.39. The Bertz CT molecular complexity index is 138. The van der Waals surface area contributed by atoms with E-state index < -0.39 is 0 Å². The van der Waals surface area contributed by atoms with Crippen LogP contribution in [0.5, 0.6) is 0 Å². The molecule has 0 spiro atoms. The van der Waals surface area contributed by atoms with Crippen LogP contribution < -0.4 is 0 Å². The van der Waals surface area contributed by atoms with Crippen LogP contribution in [0.25, 0.3) is 0 Å². The second-order valence-corrected chi connectivity index (χ2v) is 1.85. The summed E-state index contributed by atoms with van der Waals surface area (Å²) in [6.07, 6.45) is 0. The average Bonchev–Trinajstić information content (AvgIpc) is 1.69. The molecule has 36 valence electrons. The highest BCUT2D eigenvalue weighted by molar-refractivity contribution is 7.80. The monoisotopic (exact) mass is 111 g/mol. The molecule has 0 unspecified atom stereocenters. The Labute approximate surface area is 50.1 Å². The molecule has 0 N–H and O–H groups in total. The van der Waals surface area contributed by atoms with E-state index in [0.29, 0.717) is 0 Å². The van der Waals surface area contributed by atoms with Crippen molar-refractivity contribution in [2.24, 2.45) is 0 Å². The van der Waals surface area contributed by atoms with Gasteiger partial charge in [0.05, 0.1) is 0 Å². The topological polar surface area (TPSA) is 0 Å². The standard InChI is InChI=1S/C6H6S/c7-6-4-2-1-3-5-6/h1-5,7H/p+1. The lowest BCUT2D eigenvalue weighted by molar-refractivity contribution is 1.48. The van der Waals surface area contributed by atoms with Crippen molar-refractivity contribution >= 4 is 12.6 Å². The summed E-state index contributed by atoms with van der Waals surface area (Å²) in [7, 11) is 0. The highest BCUT2D eigenvalue weighted by atomic mass is 32.1. The Morgan fingerprint density at radius 1 is 1.14 bits per heavy atom. The van der Waals surface area contributed by atoms with Gasteiger partial charge in [0.1, 0.15) is 0 Å². The molecule has 0 radical (unpaired) electrons. The van der Waals surface area contributed by atoms with Crippen LogP contribution in [0, 0.1) is 0 Å². The van der Waals surface area contributed by atoms with Gasteiger partial charge in [0.15, 0.2) is 0 Å². The lowest BCUT2D eigenvalue weighted by atomic mass is 10.4. The van der Waals surface area contributed by atoms with Crippen LogP contribution >= 0.6 is 12.6 Å². The van der Waals surface area contributed by atoms with Crippen molar-refractivity contribution in [3.8, 4) is 0 Å². The van der Waals surface area contributed by atoms with Gasteiger partial charge < -0.3 is 0 Å². The molecular weight excluding hydrogens is 104 g/mol. The molecule has 0 saturated heterocycles. The highest BCUT2D eigenvalue weighted by Crippen LogP contribution is 2.00. The molecule has 0 nitrogen and oxygen atoms in total. The van der Waals surface area contributed by atoms with Crippen LogP contribution in [-0.4, -0.2) is 0 Å². The molecule has 1 aromatic rings. The first-order valence-corrected chi connectivity index (χ1v) is 2.58. The number of hydrogen-bond donors (Lipinski definition) is 1. The zero-order chi connectivity index (χ0) is 5.11. The SMILES string of the molecule is Sc1ccccc1.[H+]. The summed E-state index contributed by atoms with van der Waals surface area (Å²) in [4.78, 5) is 1.02. The Balaban J connectivity index is 0.000000490. The van der Waals surface area contributed by atoms with Gasteiger partial charge >= 0.3 is 1.43 Å². The van der Waals surface area contributed by atoms with E-state index in [-0.39, 0.29) is 1.43 Å². The summed E-state index contributed by atoms with van der Waals surface area (Å²) in [5, 5.41) is 0. The second kappa shape index (κ2) is 2.03. The van der Waals surface area contributed by atoms with Crippen LogP contribution in [0.3, 0.4) is 0 Å². The molecule has 1 aromatic carbocycles. The minimum atomic E-state index is 0. The van der Waals surface area contributed by atoms with Crippen molar-refractivity contribution in [1.82, 2.24) is 0 Å². The molecule has 1 heteroatoms. The van der Waals surface area contributed by atoms with Crippen LogP contribution in [0.4, 0.5) is 0 Å². The van der Waals surface area contributed by atoms with Crippen molar-refractivity contribution in [2.45, 2.75) is 4.90 Å². The van der Waals surface area contributed by atoms with E-state index in [4.69, 9.17) is 0 Å². The maximum absolute atomic E-state index is 4.08. The molecule has 7 heavy (non-hydrogen) atoms. The van der Waals surface area contributed by atoms with E-state index in [0.717, 1.165) is 4.90 Å². The Kier molecular flexibility index (Phi) is 1.37. The molecule has 0 aromatic heterocycles.